The van der Waals surface area contributed by atoms with Gasteiger partial charge in [0.2, 0.25) is 4.96 Å². The maximum atomic E-state index is 12.0. The molecule has 3 rings (SSSR count). The lowest BCUT2D eigenvalue weighted by Crippen LogP contribution is -2.16. The number of nitrogens with zero attached hydrogens (tertiary/aromatic N) is 3. The highest BCUT2D eigenvalue weighted by Crippen LogP contribution is 2.26. The van der Waals surface area contributed by atoms with Crippen LogP contribution in [0.15, 0.2) is 36.0 Å². The van der Waals surface area contributed by atoms with E-state index < -0.39 is 6.36 Å². The largest absolute Gasteiger partial charge is 0.573 e. The Balaban J connectivity index is 1.88. The van der Waals surface area contributed by atoms with Gasteiger partial charge < -0.3 is 4.74 Å². The van der Waals surface area contributed by atoms with Crippen LogP contribution in [-0.2, 0) is 0 Å². The number of hydrogen-bond acceptors (Lipinski definition) is 4. The molecule has 2 aromatic heterocycles. The molecule has 0 atom stereocenters. The van der Waals surface area contributed by atoms with Crippen LogP contribution in [0.1, 0.15) is 0 Å². The van der Waals surface area contributed by atoms with Gasteiger partial charge in [0.05, 0.1) is 11.9 Å². The van der Waals surface area contributed by atoms with Crippen molar-refractivity contribution in [1.29, 1.82) is 0 Å². The van der Waals surface area contributed by atoms with E-state index in [-0.39, 0.29) is 5.75 Å². The highest BCUT2D eigenvalue weighted by atomic mass is 32.1. The van der Waals surface area contributed by atoms with Crippen molar-refractivity contribution in [1.82, 2.24) is 14.6 Å². The second-order valence-electron chi connectivity index (χ2n) is 3.66. The highest BCUT2D eigenvalue weighted by molar-refractivity contribution is 7.14. The van der Waals surface area contributed by atoms with E-state index in [1.54, 1.807) is 16.2 Å². The standard InChI is InChI=1S/C11H6F3N3OS/c12-11(13,14)18-8-3-1-7(2-4-8)9-5-17-10(16-9)19-6-15-17/h1-6H. The monoisotopic (exact) mass is 285 g/mol. The number of rotatable bonds is 2. The highest BCUT2D eigenvalue weighted by Gasteiger charge is 2.30. The van der Waals surface area contributed by atoms with Gasteiger partial charge in [-0.1, -0.05) is 11.3 Å². The first-order valence-corrected chi connectivity index (χ1v) is 6.04. The molecule has 0 N–H and O–H groups in total. The fourth-order valence-corrected chi connectivity index (χ4v) is 2.21. The molecule has 0 radical (unpaired) electrons. The van der Waals surface area contributed by atoms with Crippen molar-refractivity contribution >= 4 is 16.3 Å². The van der Waals surface area contributed by atoms with Crippen LogP contribution in [0.4, 0.5) is 13.2 Å². The lowest BCUT2D eigenvalue weighted by molar-refractivity contribution is -0.274. The zero-order chi connectivity index (χ0) is 13.5. The molecule has 0 unspecified atom stereocenters. The maximum absolute atomic E-state index is 12.0. The Kier molecular flexibility index (Phi) is 2.67. The van der Waals surface area contributed by atoms with Crippen molar-refractivity contribution in [3.05, 3.63) is 36.0 Å². The van der Waals surface area contributed by atoms with Crippen molar-refractivity contribution in [2.45, 2.75) is 6.36 Å². The van der Waals surface area contributed by atoms with Gasteiger partial charge >= 0.3 is 6.36 Å². The minimum Gasteiger partial charge on any atom is -0.406 e. The van der Waals surface area contributed by atoms with Gasteiger partial charge in [0, 0.05) is 5.56 Å². The summed E-state index contributed by atoms with van der Waals surface area (Å²) < 4.78 is 41.5. The summed E-state index contributed by atoms with van der Waals surface area (Å²) in [5.74, 6) is -0.254. The molecule has 8 heteroatoms. The molecule has 0 spiro atoms. The maximum Gasteiger partial charge on any atom is 0.573 e. The Bertz CT molecular complexity index is 673. The quantitative estimate of drug-likeness (QED) is 0.724. The van der Waals surface area contributed by atoms with Gasteiger partial charge in [0.25, 0.3) is 0 Å². The summed E-state index contributed by atoms with van der Waals surface area (Å²) >= 11 is 1.38. The molecule has 4 nitrogen and oxygen atoms in total. The van der Waals surface area contributed by atoms with Crippen molar-refractivity contribution in [2.24, 2.45) is 0 Å². The van der Waals surface area contributed by atoms with Gasteiger partial charge in [0.15, 0.2) is 0 Å². The average Bonchev–Trinajstić information content (AvgIpc) is 2.87. The van der Waals surface area contributed by atoms with Crippen LogP contribution in [0, 0.1) is 0 Å². The summed E-state index contributed by atoms with van der Waals surface area (Å²) in [7, 11) is 0. The molecular weight excluding hydrogens is 279 g/mol. The van der Waals surface area contributed by atoms with Crippen LogP contribution in [0.25, 0.3) is 16.2 Å². The van der Waals surface area contributed by atoms with Crippen molar-refractivity contribution in [3.63, 3.8) is 0 Å². The van der Waals surface area contributed by atoms with Crippen LogP contribution in [0.2, 0.25) is 0 Å². The number of hydrogen-bond donors (Lipinski definition) is 0. The van der Waals surface area contributed by atoms with Gasteiger partial charge in [-0.05, 0) is 24.3 Å². The van der Waals surface area contributed by atoms with E-state index in [4.69, 9.17) is 0 Å². The lowest BCUT2D eigenvalue weighted by Gasteiger charge is -2.08. The molecule has 1 aromatic carbocycles. The van der Waals surface area contributed by atoms with Crippen molar-refractivity contribution in [3.8, 4) is 17.0 Å². The molecule has 0 fully saturated rings. The summed E-state index contributed by atoms with van der Waals surface area (Å²) in [5.41, 5.74) is 3.01. The number of ether oxygens (including phenoxy) is 1. The molecule has 0 bridgehead atoms. The topological polar surface area (TPSA) is 39.4 Å². The molecule has 0 aliphatic heterocycles. The Morgan fingerprint density at radius 2 is 1.89 bits per heavy atom. The van der Waals surface area contributed by atoms with Crippen molar-refractivity contribution < 1.29 is 17.9 Å². The third-order valence-electron chi connectivity index (χ3n) is 2.37. The number of benzene rings is 1. The summed E-state index contributed by atoms with van der Waals surface area (Å²) in [4.78, 5) is 5.03. The van der Waals surface area contributed by atoms with E-state index in [1.807, 2.05) is 0 Å². The first-order chi connectivity index (χ1) is 9.01. The SMILES string of the molecule is FC(F)(F)Oc1ccc(-c2cn3ncsc3n2)cc1. The minimum absolute atomic E-state index is 0.254. The Hall–Kier alpha value is -2.09. The van der Waals surface area contributed by atoms with Crippen LogP contribution in [0.5, 0.6) is 5.75 Å². The average molecular weight is 285 g/mol. The number of aromatic nitrogens is 3. The van der Waals surface area contributed by atoms with Crippen LogP contribution < -0.4 is 4.74 Å². The van der Waals surface area contributed by atoms with Gasteiger partial charge in [-0.2, -0.15) is 5.10 Å². The normalized spacial score (nSPS) is 11.9. The van der Waals surface area contributed by atoms with Gasteiger partial charge in [-0.15, -0.1) is 13.2 Å². The predicted molar refractivity (Wildman–Crippen MR) is 63.0 cm³/mol. The molecule has 3 aromatic rings. The second kappa shape index (κ2) is 4.23. The summed E-state index contributed by atoms with van der Waals surface area (Å²) in [6.07, 6.45) is -2.96. The molecule has 0 saturated carbocycles. The van der Waals surface area contributed by atoms with Gasteiger partial charge in [0.1, 0.15) is 11.3 Å². The van der Waals surface area contributed by atoms with Crippen LogP contribution >= 0.6 is 11.3 Å². The minimum atomic E-state index is -4.68. The predicted octanol–water partition coefficient (Wildman–Crippen LogP) is 3.36. The summed E-state index contributed by atoms with van der Waals surface area (Å²) in [5, 5.41) is 4.03. The van der Waals surface area contributed by atoms with Gasteiger partial charge in [-0.25, -0.2) is 9.50 Å². The number of alkyl halides is 3. The van der Waals surface area contributed by atoms with Crippen LogP contribution in [0.3, 0.4) is 0 Å². The second-order valence-corrected chi connectivity index (χ2v) is 4.48. The number of imidazole rings is 1. The van der Waals surface area contributed by atoms with E-state index in [1.165, 1.54) is 35.6 Å². The van der Waals surface area contributed by atoms with E-state index in [0.29, 0.717) is 11.3 Å². The first kappa shape index (κ1) is 12.0. The number of fused-ring (bicyclic) bond motifs is 1. The van der Waals surface area contributed by atoms with E-state index >= 15 is 0 Å². The summed E-state index contributed by atoms with van der Waals surface area (Å²) in [6.45, 7) is 0. The Morgan fingerprint density at radius 1 is 1.16 bits per heavy atom. The third-order valence-corrected chi connectivity index (χ3v) is 3.06. The Morgan fingerprint density at radius 3 is 2.53 bits per heavy atom. The van der Waals surface area contributed by atoms with Gasteiger partial charge in [-0.3, -0.25) is 0 Å². The molecule has 0 saturated heterocycles. The first-order valence-electron chi connectivity index (χ1n) is 5.16. The fourth-order valence-electron chi connectivity index (χ4n) is 1.61. The smallest absolute Gasteiger partial charge is 0.406 e. The molecule has 19 heavy (non-hydrogen) atoms. The zero-order valence-corrected chi connectivity index (χ0v) is 10.1. The Labute approximate surface area is 109 Å². The molecule has 0 amide bonds. The molecule has 0 aliphatic rings. The molecule has 2 heterocycles. The summed E-state index contributed by atoms with van der Waals surface area (Å²) in [6, 6.07) is 5.55. The van der Waals surface area contributed by atoms with Crippen LogP contribution in [-0.4, -0.2) is 21.0 Å². The zero-order valence-electron chi connectivity index (χ0n) is 9.26. The number of halogens is 3. The van der Waals surface area contributed by atoms with E-state index in [0.717, 1.165) is 4.96 Å². The molecule has 98 valence electrons. The van der Waals surface area contributed by atoms with E-state index in [9.17, 15) is 13.2 Å². The molecule has 0 aliphatic carbocycles. The van der Waals surface area contributed by atoms with Crippen molar-refractivity contribution in [2.75, 3.05) is 0 Å². The fraction of sp³-hybridized carbons (Fsp3) is 0.0909. The molecular formula is C11H6F3N3OS. The third kappa shape index (κ3) is 2.53. The van der Waals surface area contributed by atoms with E-state index in [2.05, 4.69) is 14.8 Å². The lowest BCUT2D eigenvalue weighted by atomic mass is 10.2.